The second-order valence-electron chi connectivity index (χ2n) is 4.38. The molecule has 1 aromatic carbocycles. The van der Waals surface area contributed by atoms with E-state index in [4.69, 9.17) is 5.73 Å². The van der Waals surface area contributed by atoms with Crippen molar-refractivity contribution in [3.63, 3.8) is 0 Å². The zero-order valence-electron chi connectivity index (χ0n) is 11.1. The summed E-state index contributed by atoms with van der Waals surface area (Å²) in [5.74, 6) is -0.619. The average Bonchev–Trinajstić information content (AvgIpc) is 2.36. The lowest BCUT2D eigenvalue weighted by molar-refractivity contribution is -0.134. The molecule has 5 heteroatoms. The van der Waals surface area contributed by atoms with E-state index < -0.39 is 11.8 Å². The Balaban J connectivity index is 2.47. The van der Waals surface area contributed by atoms with Gasteiger partial charge in [0.1, 0.15) is 0 Å². The monoisotopic (exact) mass is 262 g/mol. The summed E-state index contributed by atoms with van der Waals surface area (Å²) < 4.78 is 0. The van der Waals surface area contributed by atoms with Crippen LogP contribution in [0.4, 0.5) is 0 Å². The fraction of sp³-hybridized carbons (Fsp3) is 0.286. The zero-order valence-corrected chi connectivity index (χ0v) is 11.1. The van der Waals surface area contributed by atoms with Crippen LogP contribution in [0.3, 0.4) is 0 Å². The third-order valence-corrected chi connectivity index (χ3v) is 2.42. The van der Waals surface area contributed by atoms with Gasteiger partial charge in [-0.1, -0.05) is 38.1 Å². The fourth-order valence-corrected chi connectivity index (χ4v) is 1.38. The van der Waals surface area contributed by atoms with E-state index in [1.165, 1.54) is 11.6 Å². The van der Waals surface area contributed by atoms with Crippen LogP contribution in [-0.4, -0.2) is 18.4 Å². The molecule has 1 aromatic rings. The Morgan fingerprint density at radius 2 is 1.95 bits per heavy atom. The number of amides is 2. The van der Waals surface area contributed by atoms with Gasteiger partial charge in [-0.2, -0.15) is 0 Å². The molecular formula is C14H18N2O3. The molecule has 0 aliphatic heterocycles. The second-order valence-corrected chi connectivity index (χ2v) is 4.38. The molecule has 2 amide bonds. The number of nitrogens with one attached hydrogen (secondary N) is 1. The van der Waals surface area contributed by atoms with Gasteiger partial charge in [0.15, 0.2) is 6.61 Å². The fourth-order valence-electron chi connectivity index (χ4n) is 1.38. The molecule has 0 saturated carbocycles. The molecule has 3 N–H and O–H groups in total. The summed E-state index contributed by atoms with van der Waals surface area (Å²) in [6, 6.07) is 7.91. The molecule has 19 heavy (non-hydrogen) atoms. The summed E-state index contributed by atoms with van der Waals surface area (Å²) >= 11 is 0. The molecule has 0 heterocycles. The molecule has 5 nitrogen and oxygen atoms in total. The molecule has 0 spiro atoms. The van der Waals surface area contributed by atoms with E-state index in [-0.39, 0.29) is 6.61 Å². The van der Waals surface area contributed by atoms with Gasteiger partial charge in [-0.15, -0.1) is 0 Å². The molecule has 0 aliphatic carbocycles. The van der Waals surface area contributed by atoms with Crippen LogP contribution in [0.15, 0.2) is 30.3 Å². The number of rotatable bonds is 6. The van der Waals surface area contributed by atoms with Crippen molar-refractivity contribution in [3.05, 3.63) is 41.5 Å². The van der Waals surface area contributed by atoms with E-state index >= 15 is 0 Å². The number of primary amides is 1. The molecule has 0 radical (unpaired) electrons. The number of hydrogen-bond donors (Lipinski definition) is 2. The molecule has 0 atom stereocenters. The van der Waals surface area contributed by atoms with Gasteiger partial charge < -0.3 is 5.73 Å². The molecule has 102 valence electrons. The van der Waals surface area contributed by atoms with Crippen LogP contribution in [0.1, 0.15) is 30.9 Å². The number of carbonyl (C=O) groups is 2. The van der Waals surface area contributed by atoms with Gasteiger partial charge in [-0.25, -0.2) is 5.48 Å². The van der Waals surface area contributed by atoms with E-state index in [0.29, 0.717) is 5.92 Å². The Morgan fingerprint density at radius 3 is 2.47 bits per heavy atom. The summed E-state index contributed by atoms with van der Waals surface area (Å²) in [6.45, 7) is 3.89. The van der Waals surface area contributed by atoms with Crippen LogP contribution in [0.25, 0.3) is 6.08 Å². The Kier molecular flexibility index (Phi) is 5.75. The van der Waals surface area contributed by atoms with Crippen LogP contribution in [0.2, 0.25) is 0 Å². The van der Waals surface area contributed by atoms with Crippen molar-refractivity contribution in [2.75, 3.05) is 6.61 Å². The van der Waals surface area contributed by atoms with Crippen molar-refractivity contribution < 1.29 is 14.4 Å². The van der Waals surface area contributed by atoms with Crippen LogP contribution >= 0.6 is 0 Å². The standard InChI is InChI=1S/C14H18N2O3/c1-10(2)12-6-3-11(4-7-12)5-8-14(18)16-19-9-13(15)17/h3-8,10H,9H2,1-2H3,(H2,15,17)(H,16,18)/b8-5+. The third kappa shape index (κ3) is 5.83. The minimum absolute atomic E-state index is 0.345. The van der Waals surface area contributed by atoms with Gasteiger partial charge in [0.25, 0.3) is 5.91 Å². The number of carbonyl (C=O) groups excluding carboxylic acids is 2. The topological polar surface area (TPSA) is 81.4 Å². The van der Waals surface area contributed by atoms with E-state index in [0.717, 1.165) is 5.56 Å². The zero-order chi connectivity index (χ0) is 14.3. The third-order valence-electron chi connectivity index (χ3n) is 2.42. The highest BCUT2D eigenvalue weighted by Gasteiger charge is 1.99. The summed E-state index contributed by atoms with van der Waals surface area (Å²) in [4.78, 5) is 26.2. The van der Waals surface area contributed by atoms with Gasteiger partial charge in [-0.3, -0.25) is 14.4 Å². The van der Waals surface area contributed by atoms with E-state index in [9.17, 15) is 9.59 Å². The summed E-state index contributed by atoms with van der Waals surface area (Å²) in [5, 5.41) is 0. The summed E-state index contributed by atoms with van der Waals surface area (Å²) in [6.07, 6.45) is 2.98. The van der Waals surface area contributed by atoms with Crippen LogP contribution in [0.5, 0.6) is 0 Å². The normalized spacial score (nSPS) is 10.9. The summed E-state index contributed by atoms with van der Waals surface area (Å²) in [5.41, 5.74) is 9.09. The van der Waals surface area contributed by atoms with Gasteiger partial charge in [0.2, 0.25) is 5.91 Å². The largest absolute Gasteiger partial charge is 0.368 e. The first-order valence-corrected chi connectivity index (χ1v) is 5.97. The first-order valence-electron chi connectivity index (χ1n) is 5.97. The summed E-state index contributed by atoms with van der Waals surface area (Å²) in [7, 11) is 0. The SMILES string of the molecule is CC(C)c1ccc(/C=C/C(=O)NOCC(N)=O)cc1. The Labute approximate surface area is 112 Å². The maximum atomic E-state index is 11.3. The highest BCUT2D eigenvalue weighted by Crippen LogP contribution is 2.15. The van der Waals surface area contributed by atoms with Gasteiger partial charge >= 0.3 is 0 Å². The molecule has 1 rings (SSSR count). The Hall–Kier alpha value is -2.14. The minimum atomic E-state index is -0.645. The molecule has 0 saturated heterocycles. The first-order chi connectivity index (χ1) is 8.99. The molecular weight excluding hydrogens is 244 g/mol. The predicted molar refractivity (Wildman–Crippen MR) is 72.9 cm³/mol. The van der Waals surface area contributed by atoms with Crippen molar-refractivity contribution in [1.29, 1.82) is 0 Å². The van der Waals surface area contributed by atoms with E-state index in [2.05, 4.69) is 24.2 Å². The van der Waals surface area contributed by atoms with Crippen molar-refractivity contribution in [2.45, 2.75) is 19.8 Å². The van der Waals surface area contributed by atoms with Gasteiger partial charge in [-0.05, 0) is 23.1 Å². The van der Waals surface area contributed by atoms with Crippen LogP contribution in [0, 0.1) is 0 Å². The number of nitrogens with two attached hydrogens (primary N) is 1. The van der Waals surface area contributed by atoms with E-state index in [1.54, 1.807) is 6.08 Å². The highest BCUT2D eigenvalue weighted by molar-refractivity contribution is 5.91. The van der Waals surface area contributed by atoms with Crippen molar-refractivity contribution in [2.24, 2.45) is 5.73 Å². The minimum Gasteiger partial charge on any atom is -0.368 e. The molecule has 0 aromatic heterocycles. The molecule has 0 aliphatic rings. The number of hydrogen-bond acceptors (Lipinski definition) is 3. The maximum Gasteiger partial charge on any atom is 0.267 e. The second kappa shape index (κ2) is 7.33. The highest BCUT2D eigenvalue weighted by atomic mass is 16.7. The first kappa shape index (κ1) is 14.9. The molecule has 0 fully saturated rings. The lowest BCUT2D eigenvalue weighted by Crippen LogP contribution is -2.28. The molecule has 0 bridgehead atoms. The van der Waals surface area contributed by atoms with Gasteiger partial charge in [0, 0.05) is 6.08 Å². The average molecular weight is 262 g/mol. The number of hydroxylamine groups is 1. The Morgan fingerprint density at radius 1 is 1.32 bits per heavy atom. The number of benzene rings is 1. The van der Waals surface area contributed by atoms with Gasteiger partial charge in [0.05, 0.1) is 0 Å². The van der Waals surface area contributed by atoms with Crippen molar-refractivity contribution >= 4 is 17.9 Å². The Bertz CT molecular complexity index is 464. The quantitative estimate of drug-likeness (QED) is 0.600. The van der Waals surface area contributed by atoms with Crippen molar-refractivity contribution in [3.8, 4) is 0 Å². The van der Waals surface area contributed by atoms with E-state index in [1.807, 2.05) is 24.3 Å². The van der Waals surface area contributed by atoms with Crippen LogP contribution < -0.4 is 11.2 Å². The van der Waals surface area contributed by atoms with Crippen molar-refractivity contribution in [1.82, 2.24) is 5.48 Å². The van der Waals surface area contributed by atoms with Crippen LogP contribution in [-0.2, 0) is 14.4 Å². The predicted octanol–water partition coefficient (Wildman–Crippen LogP) is 1.36. The maximum absolute atomic E-state index is 11.3. The lowest BCUT2D eigenvalue weighted by atomic mass is 10.0. The smallest absolute Gasteiger partial charge is 0.267 e. The lowest BCUT2D eigenvalue weighted by Gasteiger charge is -2.04. The molecule has 0 unspecified atom stereocenters.